The van der Waals surface area contributed by atoms with Gasteiger partial charge in [-0.3, -0.25) is 5.32 Å². The van der Waals surface area contributed by atoms with Crippen LogP contribution in [-0.4, -0.2) is 13.2 Å². The van der Waals surface area contributed by atoms with Crippen molar-refractivity contribution in [2.75, 3.05) is 13.2 Å². The molecule has 0 fully saturated rings. The quantitative estimate of drug-likeness (QED) is 0.808. The van der Waals surface area contributed by atoms with Crippen LogP contribution >= 0.6 is 0 Å². The highest BCUT2D eigenvalue weighted by Gasteiger charge is 2.20. The number of fused-ring (bicyclic) bond motifs is 1. The molecular formula is C17H18NO. The zero-order valence-electron chi connectivity index (χ0n) is 11.2. The summed E-state index contributed by atoms with van der Waals surface area (Å²) in [6, 6.07) is 14.8. The van der Waals surface area contributed by atoms with Crippen molar-refractivity contribution in [1.29, 1.82) is 0 Å². The van der Waals surface area contributed by atoms with Gasteiger partial charge in [-0.05, 0) is 17.2 Å². The first-order valence-corrected chi connectivity index (χ1v) is 6.91. The Labute approximate surface area is 114 Å². The van der Waals surface area contributed by atoms with Crippen molar-refractivity contribution in [2.24, 2.45) is 0 Å². The fraction of sp³-hybridized carbons (Fsp3) is 0.294. The van der Waals surface area contributed by atoms with Crippen molar-refractivity contribution in [3.63, 3.8) is 0 Å². The minimum absolute atomic E-state index is 0.777. The Hall–Kier alpha value is -1.96. The molecule has 0 saturated heterocycles. The first kappa shape index (κ1) is 12.1. The normalized spacial score (nSPS) is 14.8. The Morgan fingerprint density at radius 1 is 1.11 bits per heavy atom. The smallest absolute Gasteiger partial charge is 0.124 e. The van der Waals surface area contributed by atoms with Gasteiger partial charge in [0.15, 0.2) is 0 Å². The van der Waals surface area contributed by atoms with Gasteiger partial charge in [0.2, 0.25) is 0 Å². The lowest BCUT2D eigenvalue weighted by molar-refractivity contribution is 0.209. The number of benzene rings is 2. The van der Waals surface area contributed by atoms with Crippen LogP contribution < -0.4 is 5.32 Å². The van der Waals surface area contributed by atoms with Gasteiger partial charge in [-0.15, -0.1) is 0 Å². The van der Waals surface area contributed by atoms with Crippen LogP contribution in [0, 0.1) is 0 Å². The van der Waals surface area contributed by atoms with Gasteiger partial charge in [-0.2, -0.15) is 0 Å². The lowest BCUT2D eigenvalue weighted by Gasteiger charge is -2.10. The molecular weight excluding hydrogens is 234 g/mol. The zero-order valence-corrected chi connectivity index (χ0v) is 11.2. The highest BCUT2D eigenvalue weighted by atomic mass is 16.5. The lowest BCUT2D eigenvalue weighted by Crippen LogP contribution is -1.99. The summed E-state index contributed by atoms with van der Waals surface area (Å²) in [6.45, 7) is 3.75. The van der Waals surface area contributed by atoms with E-state index in [1.807, 2.05) is 0 Å². The molecule has 2 aromatic carbocycles. The number of nitrogens with zero attached hydrogens (tertiary/aromatic N) is 1. The van der Waals surface area contributed by atoms with Crippen LogP contribution in [0.2, 0.25) is 0 Å². The van der Waals surface area contributed by atoms with Crippen molar-refractivity contribution < 1.29 is 4.74 Å². The van der Waals surface area contributed by atoms with Gasteiger partial charge >= 0.3 is 0 Å². The molecule has 19 heavy (non-hydrogen) atoms. The molecule has 0 atom stereocenters. The van der Waals surface area contributed by atoms with E-state index < -0.39 is 0 Å². The van der Waals surface area contributed by atoms with E-state index in [4.69, 9.17) is 4.74 Å². The molecule has 1 aliphatic rings. The molecule has 0 aromatic heterocycles. The summed E-state index contributed by atoms with van der Waals surface area (Å²) >= 11 is 0. The predicted molar refractivity (Wildman–Crippen MR) is 78.7 cm³/mol. The van der Waals surface area contributed by atoms with E-state index in [2.05, 4.69) is 54.7 Å². The minimum Gasteiger partial charge on any atom is -0.496 e. The van der Waals surface area contributed by atoms with E-state index in [9.17, 15) is 0 Å². The van der Waals surface area contributed by atoms with Gasteiger partial charge in [-0.1, -0.05) is 49.4 Å². The number of rotatable bonds is 4. The van der Waals surface area contributed by atoms with Gasteiger partial charge in [0.05, 0.1) is 6.61 Å². The first-order valence-electron chi connectivity index (χ1n) is 6.91. The monoisotopic (exact) mass is 252 g/mol. The van der Waals surface area contributed by atoms with E-state index in [1.54, 1.807) is 0 Å². The van der Waals surface area contributed by atoms with Crippen LogP contribution in [0.25, 0.3) is 16.5 Å². The summed E-state index contributed by atoms with van der Waals surface area (Å²) in [4.78, 5) is 0. The molecule has 1 aliphatic heterocycles. The molecule has 0 bridgehead atoms. The highest BCUT2D eigenvalue weighted by molar-refractivity contribution is 5.94. The van der Waals surface area contributed by atoms with Crippen LogP contribution in [0.15, 0.2) is 48.2 Å². The fourth-order valence-corrected chi connectivity index (χ4v) is 2.51. The maximum Gasteiger partial charge on any atom is 0.124 e. The fourth-order valence-electron chi connectivity index (χ4n) is 2.51. The van der Waals surface area contributed by atoms with E-state index >= 15 is 0 Å². The highest BCUT2D eigenvalue weighted by Crippen LogP contribution is 2.30. The Morgan fingerprint density at radius 3 is 2.84 bits per heavy atom. The number of hydrogen-bond acceptors (Lipinski definition) is 1. The average Bonchev–Trinajstić information content (AvgIpc) is 2.92. The van der Waals surface area contributed by atoms with Crippen molar-refractivity contribution in [3.8, 4) is 0 Å². The van der Waals surface area contributed by atoms with Crippen molar-refractivity contribution >= 4 is 16.5 Å². The summed E-state index contributed by atoms with van der Waals surface area (Å²) in [5, 5.41) is 7.15. The van der Waals surface area contributed by atoms with Crippen LogP contribution in [0.3, 0.4) is 0 Å². The topological polar surface area (TPSA) is 23.3 Å². The van der Waals surface area contributed by atoms with Crippen LogP contribution in [0.5, 0.6) is 0 Å². The second-order valence-electron chi connectivity index (χ2n) is 4.78. The first-order chi connectivity index (χ1) is 9.40. The second-order valence-corrected chi connectivity index (χ2v) is 4.78. The van der Waals surface area contributed by atoms with E-state index in [-0.39, 0.29) is 0 Å². The molecule has 0 saturated carbocycles. The Kier molecular flexibility index (Phi) is 3.41. The van der Waals surface area contributed by atoms with Crippen molar-refractivity contribution in [3.05, 3.63) is 53.8 Å². The van der Waals surface area contributed by atoms with E-state index in [0.717, 1.165) is 37.4 Å². The summed E-state index contributed by atoms with van der Waals surface area (Å²) in [6.07, 6.45) is 1.96. The molecule has 97 valence electrons. The van der Waals surface area contributed by atoms with Crippen LogP contribution in [-0.2, 0) is 4.74 Å². The molecule has 2 aromatic rings. The minimum atomic E-state index is 0.777. The maximum atomic E-state index is 5.85. The predicted octanol–water partition coefficient (Wildman–Crippen LogP) is 3.94. The van der Waals surface area contributed by atoms with Crippen molar-refractivity contribution in [2.45, 2.75) is 19.8 Å². The van der Waals surface area contributed by atoms with Gasteiger partial charge in [0, 0.05) is 18.5 Å². The molecule has 0 aliphatic carbocycles. The third-order valence-corrected chi connectivity index (χ3v) is 3.40. The maximum absolute atomic E-state index is 5.85. The largest absolute Gasteiger partial charge is 0.496 e. The third kappa shape index (κ3) is 2.30. The SMILES string of the molecule is CCCOC1=C(c2cccc3ccccc23)[N]CC1. The van der Waals surface area contributed by atoms with E-state index in [0.29, 0.717) is 0 Å². The Morgan fingerprint density at radius 2 is 1.95 bits per heavy atom. The molecule has 3 rings (SSSR count). The molecule has 0 N–H and O–H groups in total. The van der Waals surface area contributed by atoms with Gasteiger partial charge < -0.3 is 4.74 Å². The van der Waals surface area contributed by atoms with Gasteiger partial charge in [-0.25, -0.2) is 0 Å². The van der Waals surface area contributed by atoms with Crippen LogP contribution in [0.1, 0.15) is 25.3 Å². The average molecular weight is 252 g/mol. The molecule has 2 heteroatoms. The summed E-state index contributed by atoms with van der Waals surface area (Å²) in [5.74, 6) is 1.05. The standard InChI is InChI=1S/C17H18NO/c1-2-12-19-16-10-11-18-17(16)15-9-5-7-13-6-3-4-8-14(13)15/h3-9H,2,10-12H2,1H3. The summed E-state index contributed by atoms with van der Waals surface area (Å²) < 4.78 is 5.85. The Bertz CT molecular complexity index is 610. The van der Waals surface area contributed by atoms with E-state index in [1.165, 1.54) is 16.3 Å². The van der Waals surface area contributed by atoms with Gasteiger partial charge in [0.1, 0.15) is 11.5 Å². The molecule has 1 radical (unpaired) electrons. The van der Waals surface area contributed by atoms with Gasteiger partial charge in [0.25, 0.3) is 0 Å². The lowest BCUT2D eigenvalue weighted by atomic mass is 10.0. The second kappa shape index (κ2) is 5.35. The molecule has 0 unspecified atom stereocenters. The molecule has 0 amide bonds. The molecule has 2 nitrogen and oxygen atoms in total. The van der Waals surface area contributed by atoms with Crippen LogP contribution in [0.4, 0.5) is 0 Å². The zero-order chi connectivity index (χ0) is 13.1. The number of hydrogen-bond donors (Lipinski definition) is 0. The third-order valence-electron chi connectivity index (χ3n) is 3.40. The van der Waals surface area contributed by atoms with Crippen molar-refractivity contribution in [1.82, 2.24) is 5.32 Å². The number of ether oxygens (including phenoxy) is 1. The summed E-state index contributed by atoms with van der Waals surface area (Å²) in [5.41, 5.74) is 2.24. The Balaban J connectivity index is 2.08. The molecule has 0 spiro atoms. The molecule has 1 heterocycles. The summed E-state index contributed by atoms with van der Waals surface area (Å²) in [7, 11) is 0.